The highest BCUT2D eigenvalue weighted by molar-refractivity contribution is 7.89. The van der Waals surface area contributed by atoms with E-state index in [1.54, 1.807) is 16.5 Å². The van der Waals surface area contributed by atoms with Crippen LogP contribution in [0.25, 0.3) is 10.9 Å². The number of H-pyrrole nitrogens is 1. The maximum atomic E-state index is 12.1. The van der Waals surface area contributed by atoms with Gasteiger partial charge in [0.1, 0.15) is 11.4 Å². The van der Waals surface area contributed by atoms with Gasteiger partial charge in [-0.15, -0.1) is 0 Å². The Morgan fingerprint density at radius 1 is 1.33 bits per heavy atom. The summed E-state index contributed by atoms with van der Waals surface area (Å²) in [6, 6.07) is 1.50. The number of hydrogen-bond donors (Lipinski definition) is 1. The lowest BCUT2D eigenvalue weighted by Gasteiger charge is -2.25. The van der Waals surface area contributed by atoms with Crippen molar-refractivity contribution >= 4 is 26.6 Å². The van der Waals surface area contributed by atoms with Gasteiger partial charge in [-0.1, -0.05) is 0 Å². The number of aromatic nitrogens is 3. The maximum Gasteiger partial charge on any atom is 0.273 e. The fourth-order valence-corrected chi connectivity index (χ4v) is 3.27. The second kappa shape index (κ2) is 4.42. The molecule has 0 fully saturated rings. The number of fused-ring (bicyclic) bond motifs is 3. The average molecular weight is 310 g/mol. The molecule has 21 heavy (non-hydrogen) atoms. The predicted octanol–water partition coefficient (Wildman–Crippen LogP) is -0.645. The van der Waals surface area contributed by atoms with Crippen LogP contribution in [0.1, 0.15) is 16.2 Å². The molecule has 0 aromatic carbocycles. The van der Waals surface area contributed by atoms with Gasteiger partial charge in [-0.3, -0.25) is 9.59 Å². The van der Waals surface area contributed by atoms with Crippen LogP contribution >= 0.6 is 0 Å². The quantitative estimate of drug-likeness (QED) is 0.794. The molecular formula is C12H14N4O4S. The van der Waals surface area contributed by atoms with Crippen LogP contribution in [0, 0.1) is 0 Å². The summed E-state index contributed by atoms with van der Waals surface area (Å²) in [4.78, 5) is 25.6. The first-order chi connectivity index (χ1) is 9.78. The molecular weight excluding hydrogens is 296 g/mol. The van der Waals surface area contributed by atoms with Crippen LogP contribution in [-0.2, 0) is 22.1 Å². The van der Waals surface area contributed by atoms with Crippen molar-refractivity contribution < 1.29 is 13.2 Å². The molecule has 3 heterocycles. The van der Waals surface area contributed by atoms with E-state index in [-0.39, 0.29) is 17.4 Å². The highest BCUT2D eigenvalue weighted by atomic mass is 32.2. The minimum atomic E-state index is -3.30. The molecule has 0 saturated heterocycles. The second-order valence-corrected chi connectivity index (χ2v) is 7.38. The molecule has 1 aliphatic heterocycles. The van der Waals surface area contributed by atoms with Gasteiger partial charge in [-0.25, -0.2) is 13.5 Å². The molecule has 2 aromatic rings. The fourth-order valence-electron chi connectivity index (χ4n) is 2.57. The molecule has 1 aliphatic rings. The van der Waals surface area contributed by atoms with Crippen molar-refractivity contribution in [3.63, 3.8) is 0 Å². The van der Waals surface area contributed by atoms with E-state index < -0.39 is 15.4 Å². The van der Waals surface area contributed by atoms with Gasteiger partial charge >= 0.3 is 0 Å². The first-order valence-corrected chi connectivity index (χ1v) is 8.38. The average Bonchev–Trinajstić information content (AvgIpc) is 2.77. The van der Waals surface area contributed by atoms with Crippen molar-refractivity contribution in [1.29, 1.82) is 0 Å². The van der Waals surface area contributed by atoms with Crippen molar-refractivity contribution in [2.24, 2.45) is 0 Å². The summed E-state index contributed by atoms with van der Waals surface area (Å²) < 4.78 is 24.7. The highest BCUT2D eigenvalue weighted by Crippen LogP contribution is 2.24. The summed E-state index contributed by atoms with van der Waals surface area (Å²) in [6.45, 7) is 1.00. The first kappa shape index (κ1) is 13.8. The van der Waals surface area contributed by atoms with Crippen LogP contribution in [-0.4, -0.2) is 53.8 Å². The molecule has 0 saturated carbocycles. The molecule has 1 N–H and O–H groups in total. The van der Waals surface area contributed by atoms with Gasteiger partial charge in [-0.05, 0) is 6.07 Å². The summed E-state index contributed by atoms with van der Waals surface area (Å²) in [5, 5.41) is 6.44. The number of carbonyl (C=O) groups is 1. The summed E-state index contributed by atoms with van der Waals surface area (Å²) in [5.41, 5.74) is 0.642. The third kappa shape index (κ3) is 2.23. The molecule has 0 atom stereocenters. The van der Waals surface area contributed by atoms with Crippen molar-refractivity contribution in [1.82, 2.24) is 19.7 Å². The minimum absolute atomic E-state index is 0.192. The smallest absolute Gasteiger partial charge is 0.273 e. The van der Waals surface area contributed by atoms with E-state index in [4.69, 9.17) is 0 Å². The van der Waals surface area contributed by atoms with Crippen molar-refractivity contribution in [2.45, 2.75) is 12.3 Å². The zero-order valence-corrected chi connectivity index (χ0v) is 12.4. The molecule has 0 aliphatic carbocycles. The molecule has 1 amide bonds. The molecule has 0 bridgehead atoms. The molecule has 8 nitrogen and oxygen atoms in total. The Morgan fingerprint density at radius 3 is 2.71 bits per heavy atom. The largest absolute Gasteiger partial charge is 0.339 e. The fraction of sp³-hybridized carbons (Fsp3) is 0.417. The number of amides is 1. The van der Waals surface area contributed by atoms with E-state index in [0.717, 1.165) is 6.26 Å². The van der Waals surface area contributed by atoms with Crippen LogP contribution in [0.2, 0.25) is 0 Å². The van der Waals surface area contributed by atoms with E-state index in [9.17, 15) is 18.0 Å². The molecule has 0 spiro atoms. The van der Waals surface area contributed by atoms with E-state index in [0.29, 0.717) is 29.7 Å². The van der Waals surface area contributed by atoms with Gasteiger partial charge in [0.15, 0.2) is 9.84 Å². The summed E-state index contributed by atoms with van der Waals surface area (Å²) >= 11 is 0. The summed E-state index contributed by atoms with van der Waals surface area (Å²) in [6.07, 6.45) is 1.10. The molecule has 112 valence electrons. The second-order valence-electron chi connectivity index (χ2n) is 5.24. The monoisotopic (exact) mass is 310 g/mol. The number of sulfone groups is 1. The number of aromatic amines is 1. The number of likely N-dealkylation sites (N-methyl/N-ethyl adjacent to an activating group) is 1. The third-order valence-corrected chi connectivity index (χ3v) is 4.33. The molecule has 3 rings (SSSR count). The number of rotatable bonds is 2. The van der Waals surface area contributed by atoms with Gasteiger partial charge in [0, 0.05) is 26.4 Å². The Hall–Kier alpha value is -2.16. The van der Waals surface area contributed by atoms with Gasteiger partial charge in [0.2, 0.25) is 0 Å². The van der Waals surface area contributed by atoms with E-state index >= 15 is 0 Å². The Kier molecular flexibility index (Phi) is 2.90. The van der Waals surface area contributed by atoms with Crippen LogP contribution in [0.5, 0.6) is 0 Å². The van der Waals surface area contributed by atoms with Crippen LogP contribution in [0.4, 0.5) is 0 Å². The van der Waals surface area contributed by atoms with Gasteiger partial charge < -0.3 is 9.47 Å². The van der Waals surface area contributed by atoms with Gasteiger partial charge in [0.25, 0.3) is 11.5 Å². The highest BCUT2D eigenvalue weighted by Gasteiger charge is 2.27. The molecule has 2 aromatic heterocycles. The zero-order chi connectivity index (χ0) is 15.4. The van der Waals surface area contributed by atoms with Crippen molar-refractivity contribution in [2.75, 3.05) is 19.8 Å². The lowest BCUT2D eigenvalue weighted by atomic mass is 10.3. The van der Waals surface area contributed by atoms with Gasteiger partial charge in [0.05, 0.1) is 16.7 Å². The standard InChI is InChI=1S/C12H14N4O4S/c1-15-3-4-16-9(12(15)18)5-7-10(16)8(6-21(2,19)20)13-14-11(7)17/h5H,3-4,6H2,1-2H3,(H,14,17). The number of hydrogen-bond acceptors (Lipinski definition) is 5. The zero-order valence-electron chi connectivity index (χ0n) is 11.6. The lowest BCUT2D eigenvalue weighted by molar-refractivity contribution is 0.0751. The lowest BCUT2D eigenvalue weighted by Crippen LogP contribution is -2.37. The van der Waals surface area contributed by atoms with Crippen LogP contribution in [0.3, 0.4) is 0 Å². The predicted molar refractivity (Wildman–Crippen MR) is 75.9 cm³/mol. The SMILES string of the molecule is CN1CCn2c(cc3c(=O)[nH]nc(CS(C)(=O)=O)c32)C1=O. The third-order valence-electron chi connectivity index (χ3n) is 3.53. The van der Waals surface area contributed by atoms with Crippen molar-refractivity contribution in [3.8, 4) is 0 Å². The normalized spacial score (nSPS) is 15.5. The van der Waals surface area contributed by atoms with E-state index in [1.165, 1.54) is 6.07 Å². The maximum absolute atomic E-state index is 12.1. The molecule has 9 heteroatoms. The van der Waals surface area contributed by atoms with Gasteiger partial charge in [-0.2, -0.15) is 5.10 Å². The Labute approximate surface area is 120 Å². The molecule has 0 unspecified atom stereocenters. The number of nitrogens with zero attached hydrogens (tertiary/aromatic N) is 3. The van der Waals surface area contributed by atoms with Crippen molar-refractivity contribution in [3.05, 3.63) is 27.8 Å². The van der Waals surface area contributed by atoms with Crippen LogP contribution < -0.4 is 5.56 Å². The van der Waals surface area contributed by atoms with Crippen LogP contribution in [0.15, 0.2) is 10.9 Å². The Bertz CT molecular complexity index is 909. The topological polar surface area (TPSA) is 105 Å². The molecule has 0 radical (unpaired) electrons. The first-order valence-electron chi connectivity index (χ1n) is 6.32. The minimum Gasteiger partial charge on any atom is -0.339 e. The summed E-state index contributed by atoms with van der Waals surface area (Å²) in [7, 11) is -1.62. The number of nitrogens with one attached hydrogen (secondary N) is 1. The summed E-state index contributed by atoms with van der Waals surface area (Å²) in [5.74, 6) is -0.476. The number of carbonyl (C=O) groups excluding carboxylic acids is 1. The van der Waals surface area contributed by atoms with E-state index in [2.05, 4.69) is 10.2 Å². The Morgan fingerprint density at radius 2 is 2.05 bits per heavy atom. The van der Waals surface area contributed by atoms with E-state index in [1.807, 2.05) is 0 Å². The Balaban J connectivity index is 2.33.